The zero-order chi connectivity index (χ0) is 14.0. The Labute approximate surface area is 110 Å². The van der Waals surface area contributed by atoms with Gasteiger partial charge in [-0.1, -0.05) is 6.07 Å². The maximum atomic E-state index is 13.6. The first-order chi connectivity index (χ1) is 8.90. The van der Waals surface area contributed by atoms with Crippen molar-refractivity contribution < 1.29 is 12.8 Å². The number of sulfonamides is 1. The van der Waals surface area contributed by atoms with Gasteiger partial charge in [0, 0.05) is 6.20 Å². The fourth-order valence-corrected chi connectivity index (χ4v) is 2.85. The number of benzene rings is 1. The van der Waals surface area contributed by atoms with Crippen LogP contribution in [0.1, 0.15) is 5.56 Å². The molecule has 0 saturated carbocycles. The molecule has 2 rings (SSSR count). The van der Waals surface area contributed by atoms with E-state index in [4.69, 9.17) is 5.73 Å². The lowest BCUT2D eigenvalue weighted by Crippen LogP contribution is -2.16. The quantitative estimate of drug-likeness (QED) is 0.842. The van der Waals surface area contributed by atoms with Crippen LogP contribution >= 0.6 is 0 Å². The van der Waals surface area contributed by atoms with Crippen LogP contribution in [-0.2, 0) is 10.0 Å². The molecular formula is C12H12FN3O2S. The number of rotatable bonds is 3. The zero-order valence-corrected chi connectivity index (χ0v) is 10.9. The Morgan fingerprint density at radius 3 is 2.68 bits per heavy atom. The van der Waals surface area contributed by atoms with Crippen molar-refractivity contribution in [2.45, 2.75) is 11.8 Å². The van der Waals surface area contributed by atoms with Gasteiger partial charge in [-0.2, -0.15) is 0 Å². The molecule has 0 aliphatic rings. The molecule has 1 aromatic carbocycles. The molecule has 0 radical (unpaired) electrons. The largest absolute Gasteiger partial charge is 0.398 e. The number of nitrogens with zero attached hydrogens (tertiary/aromatic N) is 1. The summed E-state index contributed by atoms with van der Waals surface area (Å²) >= 11 is 0. The summed E-state index contributed by atoms with van der Waals surface area (Å²) in [5.74, 6) is -0.895. The van der Waals surface area contributed by atoms with Crippen LogP contribution in [0.4, 0.5) is 15.8 Å². The Morgan fingerprint density at radius 2 is 2.05 bits per heavy atom. The van der Waals surface area contributed by atoms with Gasteiger partial charge >= 0.3 is 0 Å². The van der Waals surface area contributed by atoms with Gasteiger partial charge in [0.05, 0.1) is 17.6 Å². The first kappa shape index (κ1) is 13.3. The second-order valence-corrected chi connectivity index (χ2v) is 5.63. The lowest BCUT2D eigenvalue weighted by molar-refractivity contribution is 0.572. The van der Waals surface area contributed by atoms with Gasteiger partial charge in [0.15, 0.2) is 0 Å². The van der Waals surface area contributed by atoms with Crippen molar-refractivity contribution >= 4 is 21.4 Å². The number of aromatic nitrogens is 1. The average Bonchev–Trinajstić information content (AvgIpc) is 2.27. The van der Waals surface area contributed by atoms with Crippen LogP contribution in [0.3, 0.4) is 0 Å². The maximum Gasteiger partial charge on any atom is 0.266 e. The molecule has 0 atom stereocenters. The number of halogens is 1. The van der Waals surface area contributed by atoms with E-state index in [-0.39, 0.29) is 11.4 Å². The molecule has 0 saturated heterocycles. The molecule has 0 aliphatic carbocycles. The zero-order valence-electron chi connectivity index (χ0n) is 10.1. The number of hydrogen-bond acceptors (Lipinski definition) is 4. The van der Waals surface area contributed by atoms with Crippen molar-refractivity contribution in [1.29, 1.82) is 0 Å². The second kappa shape index (κ2) is 4.85. The fraction of sp³-hybridized carbons (Fsp3) is 0.0833. The summed E-state index contributed by atoms with van der Waals surface area (Å²) < 4.78 is 40.1. The number of anilines is 2. The van der Waals surface area contributed by atoms with Gasteiger partial charge in [0.25, 0.3) is 10.0 Å². The molecule has 0 fully saturated rings. The highest BCUT2D eigenvalue weighted by atomic mass is 32.2. The summed E-state index contributed by atoms with van der Waals surface area (Å²) in [6.45, 7) is 1.77. The van der Waals surface area contributed by atoms with E-state index in [1.54, 1.807) is 19.2 Å². The van der Waals surface area contributed by atoms with E-state index >= 15 is 0 Å². The van der Waals surface area contributed by atoms with Crippen LogP contribution < -0.4 is 10.5 Å². The molecule has 1 heterocycles. The topological polar surface area (TPSA) is 85.1 Å². The van der Waals surface area contributed by atoms with Gasteiger partial charge in [0.2, 0.25) is 0 Å². The molecule has 1 aromatic heterocycles. The molecule has 0 bridgehead atoms. The van der Waals surface area contributed by atoms with Crippen LogP contribution in [0.15, 0.2) is 41.6 Å². The lowest BCUT2D eigenvalue weighted by atomic mass is 10.3. The standard InChI is InChI=1S/C12H12FN3O2S/c1-8-5-9(7-15-6-8)16-19(17,18)12-10(13)3-2-4-11(12)14/h2-7,16H,14H2,1H3. The Bertz CT molecular complexity index is 696. The number of nitrogens with two attached hydrogens (primary N) is 1. The summed E-state index contributed by atoms with van der Waals surface area (Å²) in [6.07, 6.45) is 2.91. The minimum atomic E-state index is -4.08. The van der Waals surface area contributed by atoms with Crippen molar-refractivity contribution in [3.63, 3.8) is 0 Å². The highest BCUT2D eigenvalue weighted by molar-refractivity contribution is 7.92. The highest BCUT2D eigenvalue weighted by Crippen LogP contribution is 2.24. The summed E-state index contributed by atoms with van der Waals surface area (Å²) in [5, 5.41) is 0. The fourth-order valence-electron chi connectivity index (χ4n) is 1.63. The molecule has 19 heavy (non-hydrogen) atoms. The molecule has 0 amide bonds. The molecule has 3 N–H and O–H groups in total. The van der Waals surface area contributed by atoms with Crippen molar-refractivity contribution in [3.05, 3.63) is 48.0 Å². The maximum absolute atomic E-state index is 13.6. The minimum Gasteiger partial charge on any atom is -0.398 e. The van der Waals surface area contributed by atoms with Gasteiger partial charge in [0.1, 0.15) is 10.7 Å². The van der Waals surface area contributed by atoms with Crippen molar-refractivity contribution in [3.8, 4) is 0 Å². The third kappa shape index (κ3) is 2.82. The van der Waals surface area contributed by atoms with Crippen LogP contribution in [-0.4, -0.2) is 13.4 Å². The molecule has 0 aliphatic heterocycles. The first-order valence-corrected chi connectivity index (χ1v) is 6.87. The molecule has 0 spiro atoms. The SMILES string of the molecule is Cc1cncc(NS(=O)(=O)c2c(N)cccc2F)c1. The third-order valence-corrected chi connectivity index (χ3v) is 3.87. The van der Waals surface area contributed by atoms with Gasteiger partial charge in [-0.05, 0) is 30.7 Å². The molecule has 0 unspecified atom stereocenters. The number of nitrogens with one attached hydrogen (secondary N) is 1. The van der Waals surface area contributed by atoms with Gasteiger partial charge in [-0.25, -0.2) is 12.8 Å². The van der Waals surface area contributed by atoms with Crippen LogP contribution in [0.25, 0.3) is 0 Å². The van der Waals surface area contributed by atoms with E-state index in [9.17, 15) is 12.8 Å². The van der Waals surface area contributed by atoms with E-state index in [2.05, 4.69) is 9.71 Å². The van der Waals surface area contributed by atoms with Crippen molar-refractivity contribution in [2.24, 2.45) is 0 Å². The second-order valence-electron chi connectivity index (χ2n) is 4.01. The third-order valence-electron chi connectivity index (χ3n) is 2.39. The summed E-state index contributed by atoms with van der Waals surface area (Å²) in [5.41, 5.74) is 6.40. The number of pyridine rings is 1. The smallest absolute Gasteiger partial charge is 0.266 e. The lowest BCUT2D eigenvalue weighted by Gasteiger charge is -2.10. The van der Waals surface area contributed by atoms with Crippen molar-refractivity contribution in [2.75, 3.05) is 10.5 Å². The molecule has 100 valence electrons. The predicted octanol–water partition coefficient (Wildman–Crippen LogP) is 1.91. The Morgan fingerprint density at radius 1 is 1.32 bits per heavy atom. The molecule has 2 aromatic rings. The molecule has 7 heteroatoms. The number of aryl methyl sites for hydroxylation is 1. The van der Waals surface area contributed by atoms with Gasteiger partial charge in [-0.3, -0.25) is 9.71 Å². The number of nitrogen functional groups attached to an aromatic ring is 1. The Hall–Kier alpha value is -2.15. The first-order valence-electron chi connectivity index (χ1n) is 5.38. The predicted molar refractivity (Wildman–Crippen MR) is 70.6 cm³/mol. The summed E-state index contributed by atoms with van der Waals surface area (Å²) in [4.78, 5) is 3.30. The molecule has 5 nitrogen and oxygen atoms in total. The Balaban J connectivity index is 2.44. The van der Waals surface area contributed by atoms with E-state index in [0.29, 0.717) is 0 Å². The summed E-state index contributed by atoms with van der Waals surface area (Å²) in [6, 6.07) is 5.30. The number of hydrogen-bond donors (Lipinski definition) is 2. The van der Waals surface area contributed by atoms with Crippen LogP contribution in [0.5, 0.6) is 0 Å². The molecular weight excluding hydrogens is 269 g/mol. The Kier molecular flexibility index (Phi) is 3.39. The monoisotopic (exact) mass is 281 g/mol. The van der Waals surface area contributed by atoms with Gasteiger partial charge in [-0.15, -0.1) is 0 Å². The minimum absolute atomic E-state index is 0.145. The van der Waals surface area contributed by atoms with Crippen molar-refractivity contribution in [1.82, 2.24) is 4.98 Å². The normalized spacial score (nSPS) is 11.3. The average molecular weight is 281 g/mol. The van der Waals surface area contributed by atoms with E-state index in [1.807, 2.05) is 0 Å². The van der Waals surface area contributed by atoms with Crippen LogP contribution in [0, 0.1) is 12.7 Å². The van der Waals surface area contributed by atoms with E-state index in [0.717, 1.165) is 11.6 Å². The van der Waals surface area contributed by atoms with Gasteiger partial charge < -0.3 is 5.73 Å². The highest BCUT2D eigenvalue weighted by Gasteiger charge is 2.22. The van der Waals surface area contributed by atoms with E-state index < -0.39 is 20.7 Å². The van der Waals surface area contributed by atoms with Crippen LogP contribution in [0.2, 0.25) is 0 Å². The van der Waals surface area contributed by atoms with E-state index in [1.165, 1.54) is 18.3 Å². The summed E-state index contributed by atoms with van der Waals surface area (Å²) in [7, 11) is -4.08.